The Labute approximate surface area is 170 Å². The Kier molecular flexibility index (Phi) is 7.68. The third-order valence-electron chi connectivity index (χ3n) is 4.19. The van der Waals surface area contributed by atoms with E-state index in [0.717, 1.165) is 10.0 Å². The summed E-state index contributed by atoms with van der Waals surface area (Å²) in [5, 5.41) is 3.32. The first-order valence-corrected chi connectivity index (χ1v) is 11.6. The monoisotopic (exact) mass is 461 g/mol. The van der Waals surface area contributed by atoms with E-state index in [1.165, 1.54) is 0 Å². The number of halogens is 1. The average molecular weight is 462 g/mol. The van der Waals surface area contributed by atoms with Crippen molar-refractivity contribution in [3.05, 3.63) is 34.3 Å². The van der Waals surface area contributed by atoms with Crippen molar-refractivity contribution >= 4 is 29.5 Å². The molecule has 1 N–H and O–H groups in total. The number of hydrogen-bond acceptors (Lipinski definition) is 6. The van der Waals surface area contributed by atoms with Crippen LogP contribution in [-0.2, 0) is 23.1 Å². The van der Waals surface area contributed by atoms with Crippen molar-refractivity contribution in [2.45, 2.75) is 58.5 Å². The predicted octanol–water partition coefficient (Wildman–Crippen LogP) is 5.03. The fourth-order valence-corrected chi connectivity index (χ4v) is 5.42. The molecule has 0 aliphatic carbocycles. The van der Waals surface area contributed by atoms with E-state index in [4.69, 9.17) is 13.8 Å². The van der Waals surface area contributed by atoms with Crippen molar-refractivity contribution in [1.82, 2.24) is 5.32 Å². The van der Waals surface area contributed by atoms with Gasteiger partial charge in [-0.05, 0) is 58.7 Å². The zero-order valence-electron chi connectivity index (χ0n) is 16.5. The van der Waals surface area contributed by atoms with Gasteiger partial charge in [0.15, 0.2) is 0 Å². The maximum atomic E-state index is 13.2. The third kappa shape index (κ3) is 5.88. The van der Waals surface area contributed by atoms with Crippen molar-refractivity contribution in [2.75, 3.05) is 13.2 Å². The molecule has 1 aromatic rings. The number of rotatable bonds is 7. The summed E-state index contributed by atoms with van der Waals surface area (Å²) in [6.07, 6.45) is 0.326. The van der Waals surface area contributed by atoms with Crippen LogP contribution >= 0.6 is 23.5 Å². The minimum atomic E-state index is -3.39. The number of ether oxygens (including phenoxy) is 1. The Bertz CT molecular complexity index is 678. The fraction of sp³-hybridized carbons (Fsp3) is 0.632. The number of nitrogens with one attached hydrogen (secondary N) is 1. The van der Waals surface area contributed by atoms with E-state index in [9.17, 15) is 9.36 Å². The third-order valence-corrected chi connectivity index (χ3v) is 7.08. The summed E-state index contributed by atoms with van der Waals surface area (Å²) in [5.41, 5.74) is 0.333. The summed E-state index contributed by atoms with van der Waals surface area (Å²) in [6, 6.07) is 7.39. The van der Waals surface area contributed by atoms with Gasteiger partial charge in [0, 0.05) is 10.5 Å². The molecule has 0 aromatic heterocycles. The summed E-state index contributed by atoms with van der Waals surface area (Å²) in [5.74, 6) is -1.36. The molecule has 152 valence electrons. The molecule has 0 bridgehead atoms. The SMILES string of the molecule is CCOP(=O)(OCC)[C@H]1C[C@H](C(=O)OC(C)(C)C)[C@@H](c2ccc(Br)cc2)N1. The number of benzene rings is 1. The molecule has 0 radical (unpaired) electrons. The van der Waals surface area contributed by atoms with Gasteiger partial charge in [-0.15, -0.1) is 0 Å². The van der Waals surface area contributed by atoms with Crippen LogP contribution in [0.4, 0.5) is 0 Å². The zero-order valence-corrected chi connectivity index (χ0v) is 19.0. The van der Waals surface area contributed by atoms with E-state index in [1.54, 1.807) is 13.8 Å². The molecule has 0 spiro atoms. The molecular weight excluding hydrogens is 433 g/mol. The van der Waals surface area contributed by atoms with Crippen molar-refractivity contribution in [3.8, 4) is 0 Å². The maximum absolute atomic E-state index is 13.2. The molecule has 1 saturated heterocycles. The lowest BCUT2D eigenvalue weighted by Gasteiger charge is -2.25. The van der Waals surface area contributed by atoms with Crippen molar-refractivity contribution < 1.29 is 23.1 Å². The standard InChI is InChI=1S/C19H29BrNO5P/c1-6-24-27(23,25-7-2)16-12-15(18(22)26-19(3,4)5)17(21-16)13-8-10-14(20)11-9-13/h8-11,15-17,21H,6-7,12H2,1-5H3/t15-,16-,17+/m0/s1. The second-order valence-electron chi connectivity index (χ2n) is 7.46. The normalized spacial score (nSPS) is 23.4. The first kappa shape index (κ1) is 22.6. The summed E-state index contributed by atoms with van der Waals surface area (Å²) < 4.78 is 30.8. The second kappa shape index (κ2) is 9.19. The van der Waals surface area contributed by atoms with Gasteiger partial charge in [-0.1, -0.05) is 28.1 Å². The molecule has 1 aromatic carbocycles. The molecule has 8 heteroatoms. The van der Waals surface area contributed by atoms with Gasteiger partial charge in [-0.25, -0.2) is 0 Å². The largest absolute Gasteiger partial charge is 0.460 e. The van der Waals surface area contributed by atoms with Crippen LogP contribution in [0.1, 0.15) is 52.6 Å². The van der Waals surface area contributed by atoms with Crippen molar-refractivity contribution in [1.29, 1.82) is 0 Å². The lowest BCUT2D eigenvalue weighted by molar-refractivity contribution is -0.160. The van der Waals surface area contributed by atoms with Gasteiger partial charge in [0.05, 0.1) is 19.1 Å². The van der Waals surface area contributed by atoms with Crippen LogP contribution < -0.4 is 5.32 Å². The highest BCUT2D eigenvalue weighted by Gasteiger charge is 2.49. The molecule has 27 heavy (non-hydrogen) atoms. The Morgan fingerprint density at radius 3 is 2.22 bits per heavy atom. The minimum absolute atomic E-state index is 0.273. The van der Waals surface area contributed by atoms with Gasteiger partial charge in [0.25, 0.3) is 0 Å². The van der Waals surface area contributed by atoms with E-state index in [-0.39, 0.29) is 25.2 Å². The Morgan fingerprint density at radius 2 is 1.74 bits per heavy atom. The topological polar surface area (TPSA) is 73.9 Å². The van der Waals surface area contributed by atoms with Crippen molar-refractivity contribution in [3.63, 3.8) is 0 Å². The Balaban J connectivity index is 2.34. The highest BCUT2D eigenvalue weighted by molar-refractivity contribution is 9.10. The van der Waals surface area contributed by atoms with Crippen LogP contribution in [-0.4, -0.2) is 30.6 Å². The molecule has 1 fully saturated rings. The van der Waals surface area contributed by atoms with Crippen molar-refractivity contribution in [2.24, 2.45) is 5.92 Å². The molecule has 0 unspecified atom stereocenters. The van der Waals surface area contributed by atoms with Crippen LogP contribution in [0.3, 0.4) is 0 Å². The Hall–Kier alpha value is -0.720. The first-order valence-electron chi connectivity index (χ1n) is 9.22. The highest BCUT2D eigenvalue weighted by atomic mass is 79.9. The zero-order chi connectivity index (χ0) is 20.2. The van der Waals surface area contributed by atoms with E-state index in [2.05, 4.69) is 21.2 Å². The molecular formula is C19H29BrNO5P. The van der Waals surface area contributed by atoms with E-state index in [1.807, 2.05) is 45.0 Å². The number of carbonyl (C=O) groups excluding carboxylic acids is 1. The summed E-state index contributed by atoms with van der Waals surface area (Å²) in [6.45, 7) is 9.61. The molecule has 0 saturated carbocycles. The Morgan fingerprint density at radius 1 is 1.19 bits per heavy atom. The first-order chi connectivity index (χ1) is 12.6. The van der Waals surface area contributed by atoms with Gasteiger partial charge >= 0.3 is 13.6 Å². The molecule has 1 aliphatic rings. The quantitative estimate of drug-likeness (QED) is 0.453. The lowest BCUT2D eigenvalue weighted by atomic mass is 9.94. The van der Waals surface area contributed by atoms with Gasteiger partial charge < -0.3 is 13.8 Å². The molecule has 6 nitrogen and oxygen atoms in total. The minimum Gasteiger partial charge on any atom is -0.460 e. The van der Waals surface area contributed by atoms with E-state index >= 15 is 0 Å². The highest BCUT2D eigenvalue weighted by Crippen LogP contribution is 2.57. The van der Waals surface area contributed by atoms with Gasteiger partial charge in [-0.3, -0.25) is 14.7 Å². The number of esters is 1. The summed E-state index contributed by atoms with van der Waals surface area (Å²) >= 11 is 3.43. The summed E-state index contributed by atoms with van der Waals surface area (Å²) in [4.78, 5) is 12.9. The molecule has 3 atom stereocenters. The summed E-state index contributed by atoms with van der Waals surface area (Å²) in [7, 11) is -3.39. The smallest absolute Gasteiger partial charge is 0.347 e. The fourth-order valence-electron chi connectivity index (χ4n) is 3.17. The van der Waals surface area contributed by atoms with Gasteiger partial charge in [0.1, 0.15) is 11.4 Å². The molecule has 0 amide bonds. The average Bonchev–Trinajstić information content (AvgIpc) is 3.00. The van der Waals surface area contributed by atoms with E-state index < -0.39 is 24.9 Å². The van der Waals surface area contributed by atoms with E-state index in [0.29, 0.717) is 6.42 Å². The van der Waals surface area contributed by atoms with Gasteiger partial charge in [0.2, 0.25) is 0 Å². The molecule has 2 rings (SSSR count). The number of carbonyl (C=O) groups is 1. The number of hydrogen-bond donors (Lipinski definition) is 1. The van der Waals surface area contributed by atoms with Crippen LogP contribution in [0, 0.1) is 5.92 Å². The predicted molar refractivity (Wildman–Crippen MR) is 109 cm³/mol. The van der Waals surface area contributed by atoms with Gasteiger partial charge in [-0.2, -0.15) is 0 Å². The molecule has 1 aliphatic heterocycles. The van der Waals surface area contributed by atoms with Crippen LogP contribution in [0.15, 0.2) is 28.7 Å². The van der Waals surface area contributed by atoms with Crippen LogP contribution in [0.25, 0.3) is 0 Å². The van der Waals surface area contributed by atoms with Crippen LogP contribution in [0.2, 0.25) is 0 Å². The maximum Gasteiger partial charge on any atom is 0.347 e. The molecule has 1 heterocycles. The lowest BCUT2D eigenvalue weighted by Crippen LogP contribution is -2.32. The van der Waals surface area contributed by atoms with Crippen LogP contribution in [0.5, 0.6) is 0 Å². The second-order valence-corrected chi connectivity index (χ2v) is 10.6.